The Bertz CT molecular complexity index is 1520. The van der Waals surface area contributed by atoms with Gasteiger partial charge in [0.15, 0.2) is 0 Å². The summed E-state index contributed by atoms with van der Waals surface area (Å²) in [5, 5.41) is 22.0. The zero-order valence-electron chi connectivity index (χ0n) is 25.6. The zero-order chi connectivity index (χ0) is 29.4. The molecule has 0 radical (unpaired) electrons. The number of phenols is 2. The van der Waals surface area contributed by atoms with E-state index in [0.29, 0.717) is 11.5 Å². The Morgan fingerprint density at radius 1 is 0.571 bits per heavy atom. The van der Waals surface area contributed by atoms with E-state index in [1.165, 1.54) is 49.7 Å². The van der Waals surface area contributed by atoms with Gasteiger partial charge in [-0.05, 0) is 112 Å². The Balaban J connectivity index is 1.44. The third-order valence-electron chi connectivity index (χ3n) is 11.9. The molecule has 2 N–H and O–H groups in total. The van der Waals surface area contributed by atoms with Crippen LogP contribution in [0.15, 0.2) is 97.1 Å². The summed E-state index contributed by atoms with van der Waals surface area (Å²) < 4.78 is 0. The van der Waals surface area contributed by atoms with Crippen molar-refractivity contribution in [3.63, 3.8) is 0 Å². The molecule has 42 heavy (non-hydrogen) atoms. The van der Waals surface area contributed by atoms with Crippen LogP contribution in [0.1, 0.15) is 83.8 Å². The quantitative estimate of drug-likeness (QED) is 0.257. The molecule has 0 amide bonds. The maximum absolute atomic E-state index is 11.0. The molecule has 216 valence electrons. The molecule has 4 fully saturated rings. The van der Waals surface area contributed by atoms with E-state index in [4.69, 9.17) is 0 Å². The molecular weight excluding hydrogens is 512 g/mol. The van der Waals surface area contributed by atoms with Crippen LogP contribution in [0, 0.1) is 16.2 Å². The van der Waals surface area contributed by atoms with Gasteiger partial charge >= 0.3 is 0 Å². The highest BCUT2D eigenvalue weighted by Crippen LogP contribution is 2.78. The van der Waals surface area contributed by atoms with Crippen molar-refractivity contribution in [2.75, 3.05) is 0 Å². The average Bonchev–Trinajstić information content (AvgIpc) is 2.97. The number of aromatic hydroxyl groups is 2. The highest BCUT2D eigenvalue weighted by molar-refractivity contribution is 5.72. The molecule has 4 saturated carbocycles. The monoisotopic (exact) mass is 556 g/mol. The number of hydrogen-bond acceptors (Lipinski definition) is 2. The predicted molar refractivity (Wildman–Crippen MR) is 173 cm³/mol. The molecule has 0 spiro atoms. The Morgan fingerprint density at radius 3 is 1.43 bits per heavy atom. The summed E-state index contributed by atoms with van der Waals surface area (Å²) in [5.74, 6) is 0.706. The molecule has 2 heteroatoms. The molecule has 4 aromatic rings. The first kappa shape index (κ1) is 27.3. The first-order chi connectivity index (χ1) is 20.0. The third-order valence-corrected chi connectivity index (χ3v) is 11.9. The summed E-state index contributed by atoms with van der Waals surface area (Å²) in [5.41, 5.74) is 7.45. The minimum absolute atomic E-state index is 0.0278. The highest BCUT2D eigenvalue weighted by atomic mass is 16.3. The van der Waals surface area contributed by atoms with E-state index >= 15 is 0 Å². The standard InChI is InChI=1S/C40H44O2/c1-5-37-22-38(30-16-18-34(41)32(20-30)28-12-8-6-9-13-28)25-39(23-37,27-40(24-37,26-38)36(2,3)4)31-17-19-35(42)33(21-31)29-14-10-7-11-15-29/h6-21,41-42H,5,22-27H2,1-4H3. The van der Waals surface area contributed by atoms with Crippen molar-refractivity contribution in [1.29, 1.82) is 0 Å². The van der Waals surface area contributed by atoms with E-state index in [0.717, 1.165) is 28.7 Å². The highest BCUT2D eigenvalue weighted by Gasteiger charge is 2.70. The van der Waals surface area contributed by atoms with Crippen molar-refractivity contribution in [3.8, 4) is 33.8 Å². The maximum Gasteiger partial charge on any atom is 0.123 e. The Kier molecular flexibility index (Phi) is 6.01. The van der Waals surface area contributed by atoms with Crippen molar-refractivity contribution < 1.29 is 10.2 Å². The van der Waals surface area contributed by atoms with Gasteiger partial charge in [0.25, 0.3) is 0 Å². The van der Waals surface area contributed by atoms with Gasteiger partial charge in [-0.2, -0.15) is 0 Å². The van der Waals surface area contributed by atoms with Crippen molar-refractivity contribution in [1.82, 2.24) is 0 Å². The topological polar surface area (TPSA) is 40.5 Å². The molecule has 2 atom stereocenters. The van der Waals surface area contributed by atoms with E-state index in [1.54, 1.807) is 0 Å². The molecule has 0 aromatic heterocycles. The van der Waals surface area contributed by atoms with Gasteiger partial charge in [-0.3, -0.25) is 0 Å². The third kappa shape index (κ3) is 4.05. The lowest BCUT2D eigenvalue weighted by molar-refractivity contribution is -0.183. The van der Waals surface area contributed by atoms with Crippen molar-refractivity contribution >= 4 is 0 Å². The summed E-state index contributed by atoms with van der Waals surface area (Å²) in [7, 11) is 0. The summed E-state index contributed by atoms with van der Waals surface area (Å²) in [6.07, 6.45) is 8.37. The van der Waals surface area contributed by atoms with Gasteiger partial charge in [0, 0.05) is 11.1 Å². The molecule has 0 aliphatic heterocycles. The minimum atomic E-state index is 0.0278. The Hall–Kier alpha value is -3.52. The fraction of sp³-hybridized carbons (Fsp3) is 0.400. The van der Waals surface area contributed by atoms with Gasteiger partial charge in [-0.25, -0.2) is 0 Å². The number of rotatable bonds is 5. The van der Waals surface area contributed by atoms with Crippen LogP contribution in [-0.2, 0) is 10.8 Å². The summed E-state index contributed by atoms with van der Waals surface area (Å²) in [6.45, 7) is 9.85. The molecule has 4 bridgehead atoms. The van der Waals surface area contributed by atoms with Gasteiger partial charge in [0.1, 0.15) is 11.5 Å². The number of benzene rings is 4. The van der Waals surface area contributed by atoms with Crippen LogP contribution in [0.5, 0.6) is 11.5 Å². The predicted octanol–water partition coefficient (Wildman–Crippen LogP) is 10.4. The molecule has 2 unspecified atom stereocenters. The fourth-order valence-electron chi connectivity index (χ4n) is 10.1. The van der Waals surface area contributed by atoms with E-state index in [9.17, 15) is 10.2 Å². The second-order valence-electron chi connectivity index (χ2n) is 15.2. The molecule has 8 rings (SSSR count). The van der Waals surface area contributed by atoms with Crippen molar-refractivity contribution in [3.05, 3.63) is 108 Å². The van der Waals surface area contributed by atoms with Gasteiger partial charge in [0.2, 0.25) is 0 Å². The van der Waals surface area contributed by atoms with Gasteiger partial charge in [0.05, 0.1) is 0 Å². The second kappa shape index (κ2) is 9.24. The minimum Gasteiger partial charge on any atom is -0.507 e. The van der Waals surface area contributed by atoms with Crippen LogP contribution < -0.4 is 0 Å². The summed E-state index contributed by atoms with van der Waals surface area (Å²) in [6, 6.07) is 33.7. The number of phenolic OH excluding ortho intramolecular Hbond substituents is 2. The lowest BCUT2D eigenvalue weighted by atomic mass is 9.30. The van der Waals surface area contributed by atoms with Crippen LogP contribution in [-0.4, -0.2) is 10.2 Å². The average molecular weight is 557 g/mol. The molecule has 4 aromatic carbocycles. The van der Waals surface area contributed by atoms with Gasteiger partial charge in [-0.1, -0.05) is 107 Å². The van der Waals surface area contributed by atoms with E-state index in [-0.39, 0.29) is 27.1 Å². The lowest BCUT2D eigenvalue weighted by Crippen LogP contribution is -2.66. The van der Waals surface area contributed by atoms with Crippen molar-refractivity contribution in [2.24, 2.45) is 16.2 Å². The molecule has 4 aliphatic rings. The normalized spacial score (nSPS) is 30.0. The van der Waals surface area contributed by atoms with E-state index in [2.05, 4.69) is 100 Å². The second-order valence-corrected chi connectivity index (χ2v) is 15.2. The summed E-state index contributed by atoms with van der Waals surface area (Å²) in [4.78, 5) is 0. The van der Waals surface area contributed by atoms with Crippen LogP contribution >= 0.6 is 0 Å². The Morgan fingerprint density at radius 2 is 1.02 bits per heavy atom. The molecular formula is C40H44O2. The van der Waals surface area contributed by atoms with Crippen molar-refractivity contribution in [2.45, 2.75) is 83.5 Å². The molecule has 2 nitrogen and oxygen atoms in total. The first-order valence-electron chi connectivity index (χ1n) is 15.8. The van der Waals surface area contributed by atoms with Gasteiger partial charge < -0.3 is 10.2 Å². The zero-order valence-corrected chi connectivity index (χ0v) is 25.6. The smallest absolute Gasteiger partial charge is 0.123 e. The maximum atomic E-state index is 11.0. The molecule has 4 aliphatic carbocycles. The number of hydrogen-bond donors (Lipinski definition) is 2. The van der Waals surface area contributed by atoms with E-state index in [1.807, 2.05) is 24.3 Å². The molecule has 0 heterocycles. The largest absolute Gasteiger partial charge is 0.507 e. The molecule has 0 saturated heterocycles. The van der Waals surface area contributed by atoms with Crippen LogP contribution in [0.25, 0.3) is 22.3 Å². The Labute approximate surface area is 251 Å². The first-order valence-corrected chi connectivity index (χ1v) is 15.8. The SMILES string of the molecule is CCC12CC3(c4ccc(O)c(-c5ccccc5)c4)CC(c4ccc(O)c(-c5ccccc5)c4)(C1)CC(C(C)(C)C)(C2)C3. The van der Waals surface area contributed by atoms with Crippen LogP contribution in [0.2, 0.25) is 0 Å². The van der Waals surface area contributed by atoms with Crippen LogP contribution in [0.4, 0.5) is 0 Å². The van der Waals surface area contributed by atoms with Crippen LogP contribution in [0.3, 0.4) is 0 Å². The fourth-order valence-corrected chi connectivity index (χ4v) is 10.1. The van der Waals surface area contributed by atoms with Gasteiger partial charge in [-0.15, -0.1) is 0 Å². The summed E-state index contributed by atoms with van der Waals surface area (Å²) >= 11 is 0. The lowest BCUT2D eigenvalue weighted by Gasteiger charge is -2.74. The van der Waals surface area contributed by atoms with E-state index < -0.39 is 0 Å².